The number of amides is 1. The van der Waals surface area contributed by atoms with Gasteiger partial charge in [0.25, 0.3) is 0 Å². The number of aromatic nitrogens is 1. The summed E-state index contributed by atoms with van der Waals surface area (Å²) in [5, 5.41) is 6.45. The molecule has 2 N–H and O–H groups in total. The average Bonchev–Trinajstić information content (AvgIpc) is 3.85. The molecule has 1 aromatic heterocycles. The average molecular weight is 618 g/mol. The minimum atomic E-state index is -0.847. The van der Waals surface area contributed by atoms with Crippen molar-refractivity contribution in [2.75, 3.05) is 31.5 Å². The summed E-state index contributed by atoms with van der Waals surface area (Å²) in [4.78, 5) is 28.7. The minimum Gasteiger partial charge on any atom is -0.493 e. The number of unbranched alkanes of at least 4 members (excludes halogenated alkanes) is 1. The second-order valence-corrected chi connectivity index (χ2v) is 10.6. The lowest BCUT2D eigenvalue weighted by molar-refractivity contribution is -0.140. The molecule has 11 heteroatoms. The number of benzene rings is 3. The second-order valence-electron chi connectivity index (χ2n) is 10.6. The van der Waals surface area contributed by atoms with Crippen LogP contribution in [0.2, 0.25) is 0 Å². The van der Waals surface area contributed by atoms with Crippen LogP contribution in [0.3, 0.4) is 0 Å². The van der Waals surface area contributed by atoms with Gasteiger partial charge < -0.3 is 29.6 Å². The predicted octanol–water partition coefficient (Wildman–Crippen LogP) is 7.38. The number of esters is 1. The first kappa shape index (κ1) is 31.2. The van der Waals surface area contributed by atoms with Crippen molar-refractivity contribution in [2.45, 2.75) is 32.1 Å². The molecule has 0 bridgehead atoms. The lowest BCUT2D eigenvalue weighted by Crippen LogP contribution is -2.28. The molecule has 4 aromatic rings. The van der Waals surface area contributed by atoms with Crippen LogP contribution in [0.25, 0.3) is 10.9 Å². The third-order valence-corrected chi connectivity index (χ3v) is 7.56. The van der Waals surface area contributed by atoms with Gasteiger partial charge in [-0.2, -0.15) is 0 Å². The summed E-state index contributed by atoms with van der Waals surface area (Å²) in [5.74, 6) is -0.277. The Morgan fingerprint density at radius 3 is 2.33 bits per heavy atom. The topological polar surface area (TPSA) is 108 Å². The van der Waals surface area contributed by atoms with Gasteiger partial charge in [0.15, 0.2) is 23.1 Å². The van der Waals surface area contributed by atoms with E-state index in [4.69, 9.17) is 14.2 Å². The van der Waals surface area contributed by atoms with Gasteiger partial charge in [0.05, 0.1) is 31.8 Å². The number of halogens is 2. The van der Waals surface area contributed by atoms with Gasteiger partial charge in [-0.3, -0.25) is 14.6 Å². The number of nitrogens with one attached hydrogen (secondary N) is 2. The van der Waals surface area contributed by atoms with Gasteiger partial charge in [0.2, 0.25) is 5.91 Å². The van der Waals surface area contributed by atoms with E-state index in [1.54, 1.807) is 30.5 Å². The van der Waals surface area contributed by atoms with Crippen LogP contribution in [0, 0.1) is 17.0 Å². The molecule has 5 rings (SSSR count). The fraction of sp³-hybridized carbons (Fsp3) is 0.265. The Morgan fingerprint density at radius 1 is 0.889 bits per heavy atom. The first-order valence-corrected chi connectivity index (χ1v) is 14.4. The standard InChI is InChI=1S/C34H33F2N3O6/c1-21(34(14-15-34)33(41)39-23-9-7-22(35)8-10-23)38-24-11-12-29(26(36)18-24)45-28-13-16-37-27-20-31(30(42-2)19-25(27)28)44-17-5-4-6-32(40)43-3/h7-13,16,18-20,38H,1,4-6,14-15,17H2,2-3H3,(H,39,41). The van der Waals surface area contributed by atoms with E-state index in [0.717, 1.165) is 0 Å². The zero-order valence-electron chi connectivity index (χ0n) is 25.0. The number of methoxy groups -OCH3 is 2. The second kappa shape index (κ2) is 13.6. The highest BCUT2D eigenvalue weighted by Crippen LogP contribution is 2.52. The summed E-state index contributed by atoms with van der Waals surface area (Å²) in [7, 11) is 2.87. The third kappa shape index (κ3) is 7.31. The molecular weight excluding hydrogens is 584 g/mol. The van der Waals surface area contributed by atoms with Crippen molar-refractivity contribution in [3.63, 3.8) is 0 Å². The number of nitrogens with zero attached hydrogens (tertiary/aromatic N) is 1. The highest BCUT2D eigenvalue weighted by atomic mass is 19.1. The smallest absolute Gasteiger partial charge is 0.305 e. The molecule has 1 fully saturated rings. The van der Waals surface area contributed by atoms with E-state index in [2.05, 4.69) is 26.9 Å². The van der Waals surface area contributed by atoms with E-state index in [0.29, 0.717) is 83.9 Å². The van der Waals surface area contributed by atoms with E-state index in [-0.39, 0.29) is 17.6 Å². The van der Waals surface area contributed by atoms with Crippen LogP contribution in [-0.4, -0.2) is 37.7 Å². The molecular formula is C34H33F2N3O6. The Bertz CT molecular complexity index is 1720. The van der Waals surface area contributed by atoms with Gasteiger partial charge in [-0.05, 0) is 74.2 Å². The Balaban J connectivity index is 1.25. The Hall–Kier alpha value is -5.19. The first-order valence-electron chi connectivity index (χ1n) is 14.4. The maximum atomic E-state index is 15.3. The number of anilines is 2. The number of carbonyl (C=O) groups is 2. The van der Waals surface area contributed by atoms with Gasteiger partial charge in [0.1, 0.15) is 11.6 Å². The van der Waals surface area contributed by atoms with Crippen molar-refractivity contribution in [3.8, 4) is 23.0 Å². The molecule has 0 spiro atoms. The zero-order chi connectivity index (χ0) is 32.0. The Morgan fingerprint density at radius 2 is 1.64 bits per heavy atom. The third-order valence-electron chi connectivity index (χ3n) is 7.56. The van der Waals surface area contributed by atoms with E-state index >= 15 is 4.39 Å². The number of carbonyl (C=O) groups excluding carboxylic acids is 2. The van der Waals surface area contributed by atoms with Gasteiger partial charge in [-0.25, -0.2) is 8.78 Å². The number of ether oxygens (including phenoxy) is 4. The highest BCUT2D eigenvalue weighted by Gasteiger charge is 2.52. The normalized spacial score (nSPS) is 13.1. The molecule has 9 nitrogen and oxygen atoms in total. The fourth-order valence-corrected chi connectivity index (χ4v) is 4.79. The van der Waals surface area contributed by atoms with E-state index in [1.807, 2.05) is 0 Å². The van der Waals surface area contributed by atoms with Crippen molar-refractivity contribution >= 4 is 34.2 Å². The number of fused-ring (bicyclic) bond motifs is 1. The molecule has 0 radical (unpaired) electrons. The van der Waals surface area contributed by atoms with Crippen LogP contribution in [0.5, 0.6) is 23.0 Å². The molecule has 1 heterocycles. The lowest BCUT2D eigenvalue weighted by atomic mass is 10.0. The van der Waals surface area contributed by atoms with Crippen LogP contribution >= 0.6 is 0 Å². The van der Waals surface area contributed by atoms with E-state index in [1.165, 1.54) is 50.6 Å². The molecule has 234 valence electrons. The molecule has 0 unspecified atom stereocenters. The van der Waals surface area contributed by atoms with Crippen LogP contribution in [0.1, 0.15) is 32.1 Å². The molecule has 3 aromatic carbocycles. The van der Waals surface area contributed by atoms with Gasteiger partial charge in [-0.1, -0.05) is 6.58 Å². The summed E-state index contributed by atoms with van der Waals surface area (Å²) in [6.45, 7) is 4.41. The van der Waals surface area contributed by atoms with Crippen molar-refractivity contribution in [2.24, 2.45) is 5.41 Å². The van der Waals surface area contributed by atoms with Gasteiger partial charge in [0, 0.05) is 47.2 Å². The molecule has 0 aliphatic heterocycles. The largest absolute Gasteiger partial charge is 0.493 e. The van der Waals surface area contributed by atoms with Crippen molar-refractivity contribution in [1.29, 1.82) is 0 Å². The monoisotopic (exact) mass is 617 g/mol. The van der Waals surface area contributed by atoms with Crippen LogP contribution < -0.4 is 24.8 Å². The predicted molar refractivity (Wildman–Crippen MR) is 166 cm³/mol. The quantitative estimate of drug-likeness (QED) is 0.112. The fourth-order valence-electron chi connectivity index (χ4n) is 4.79. The summed E-state index contributed by atoms with van der Waals surface area (Å²) < 4.78 is 50.5. The molecule has 1 aliphatic rings. The Labute approximate surface area is 259 Å². The summed E-state index contributed by atoms with van der Waals surface area (Å²) in [6, 6.07) is 15.0. The first-order chi connectivity index (χ1) is 21.7. The Kier molecular flexibility index (Phi) is 9.46. The van der Waals surface area contributed by atoms with Crippen molar-refractivity contribution in [3.05, 3.63) is 90.8 Å². The van der Waals surface area contributed by atoms with E-state index < -0.39 is 17.0 Å². The summed E-state index contributed by atoms with van der Waals surface area (Å²) in [6.07, 6.45) is 4.30. The van der Waals surface area contributed by atoms with E-state index in [9.17, 15) is 14.0 Å². The molecule has 0 saturated heterocycles. The molecule has 1 aliphatic carbocycles. The minimum absolute atomic E-state index is 0.0150. The number of rotatable bonds is 14. The summed E-state index contributed by atoms with van der Waals surface area (Å²) >= 11 is 0. The van der Waals surface area contributed by atoms with Crippen molar-refractivity contribution < 1.29 is 37.3 Å². The number of hydrogen-bond acceptors (Lipinski definition) is 8. The van der Waals surface area contributed by atoms with Gasteiger partial charge in [-0.15, -0.1) is 0 Å². The van der Waals surface area contributed by atoms with Crippen LogP contribution in [0.15, 0.2) is 79.1 Å². The highest BCUT2D eigenvalue weighted by molar-refractivity contribution is 6.00. The number of hydrogen-bond donors (Lipinski definition) is 2. The SMILES string of the molecule is C=C(Nc1ccc(Oc2ccnc3cc(OCCCCC(=O)OC)c(OC)cc23)c(F)c1)C1(C(=O)Nc2ccc(F)cc2)CC1. The molecule has 1 saturated carbocycles. The van der Waals surface area contributed by atoms with Crippen molar-refractivity contribution in [1.82, 2.24) is 4.98 Å². The zero-order valence-corrected chi connectivity index (χ0v) is 25.0. The van der Waals surface area contributed by atoms with Crippen LogP contribution in [0.4, 0.5) is 20.2 Å². The maximum absolute atomic E-state index is 15.3. The molecule has 45 heavy (non-hydrogen) atoms. The van der Waals surface area contributed by atoms with Gasteiger partial charge >= 0.3 is 5.97 Å². The maximum Gasteiger partial charge on any atom is 0.305 e. The molecule has 1 amide bonds. The molecule has 0 atom stereocenters. The van der Waals surface area contributed by atoms with Crippen LogP contribution in [-0.2, 0) is 14.3 Å². The number of pyridine rings is 1. The lowest BCUT2D eigenvalue weighted by Gasteiger charge is -2.20. The summed E-state index contributed by atoms with van der Waals surface area (Å²) in [5.41, 5.74) is 1.02.